The quantitative estimate of drug-likeness (QED) is 0.785. The van der Waals surface area contributed by atoms with Crippen LogP contribution in [0.1, 0.15) is 46.9 Å². The molecular formula is C19H23N3O2. The molecule has 1 unspecified atom stereocenters. The van der Waals surface area contributed by atoms with Crippen molar-refractivity contribution in [2.75, 3.05) is 5.32 Å². The summed E-state index contributed by atoms with van der Waals surface area (Å²) < 4.78 is 0. The minimum atomic E-state index is -0.513. The van der Waals surface area contributed by atoms with Gasteiger partial charge in [-0.3, -0.25) is 4.79 Å². The van der Waals surface area contributed by atoms with Crippen LogP contribution in [0, 0.1) is 6.92 Å². The van der Waals surface area contributed by atoms with Crippen LogP contribution >= 0.6 is 0 Å². The van der Waals surface area contributed by atoms with Crippen molar-refractivity contribution in [3.8, 4) is 0 Å². The first kappa shape index (κ1) is 17.5. The lowest BCUT2D eigenvalue weighted by atomic mass is 10.1. The van der Waals surface area contributed by atoms with Gasteiger partial charge in [-0.2, -0.15) is 0 Å². The number of amides is 3. The third-order valence-corrected chi connectivity index (χ3v) is 4.00. The lowest BCUT2D eigenvalue weighted by Crippen LogP contribution is -2.31. The fourth-order valence-electron chi connectivity index (χ4n) is 2.45. The number of aryl methyl sites for hydroxylation is 2. The highest BCUT2D eigenvalue weighted by molar-refractivity contribution is 5.97. The van der Waals surface area contributed by atoms with Crippen LogP contribution in [0.4, 0.5) is 10.5 Å². The Kier molecular flexibility index (Phi) is 5.58. The normalized spacial score (nSPS) is 11.6. The zero-order chi connectivity index (χ0) is 17.7. The number of benzene rings is 2. The molecule has 0 aliphatic rings. The second kappa shape index (κ2) is 7.64. The van der Waals surface area contributed by atoms with Gasteiger partial charge < -0.3 is 16.4 Å². The summed E-state index contributed by atoms with van der Waals surface area (Å²) in [5.41, 5.74) is 9.32. The number of rotatable bonds is 5. The Hall–Kier alpha value is -2.82. The molecule has 0 aliphatic heterocycles. The number of primary amides is 1. The number of anilines is 1. The zero-order valence-electron chi connectivity index (χ0n) is 14.2. The number of carbonyl (C=O) groups is 2. The number of urea groups is 1. The van der Waals surface area contributed by atoms with Crippen molar-refractivity contribution in [1.29, 1.82) is 0 Å². The molecule has 24 heavy (non-hydrogen) atoms. The lowest BCUT2D eigenvalue weighted by Gasteiger charge is -2.16. The first-order valence-electron chi connectivity index (χ1n) is 7.97. The van der Waals surface area contributed by atoms with Gasteiger partial charge in [-0.05, 0) is 49.1 Å². The van der Waals surface area contributed by atoms with Crippen LogP contribution < -0.4 is 16.4 Å². The minimum Gasteiger partial charge on any atom is -0.366 e. The Balaban J connectivity index is 2.02. The lowest BCUT2D eigenvalue weighted by molar-refractivity contribution is 0.0999. The second-order valence-electron chi connectivity index (χ2n) is 5.81. The van der Waals surface area contributed by atoms with Gasteiger partial charge in [0.15, 0.2) is 0 Å². The van der Waals surface area contributed by atoms with E-state index in [1.807, 2.05) is 19.1 Å². The van der Waals surface area contributed by atoms with Crippen molar-refractivity contribution in [3.63, 3.8) is 0 Å². The molecule has 0 saturated carbocycles. The van der Waals surface area contributed by atoms with Crippen LogP contribution in [0.25, 0.3) is 0 Å². The summed E-state index contributed by atoms with van der Waals surface area (Å²) in [6.45, 7) is 5.82. The third-order valence-electron chi connectivity index (χ3n) is 4.00. The summed E-state index contributed by atoms with van der Waals surface area (Å²) in [5, 5.41) is 5.61. The van der Waals surface area contributed by atoms with Crippen molar-refractivity contribution in [3.05, 3.63) is 64.7 Å². The molecule has 0 bridgehead atoms. The van der Waals surface area contributed by atoms with Crippen molar-refractivity contribution >= 4 is 17.6 Å². The maximum Gasteiger partial charge on any atom is 0.319 e. The van der Waals surface area contributed by atoms with E-state index in [9.17, 15) is 9.59 Å². The van der Waals surface area contributed by atoms with Crippen LogP contribution in [0.15, 0.2) is 42.5 Å². The molecule has 2 aromatic rings. The summed E-state index contributed by atoms with van der Waals surface area (Å²) >= 11 is 0. The van der Waals surface area contributed by atoms with E-state index in [1.165, 1.54) is 5.56 Å². The summed E-state index contributed by atoms with van der Waals surface area (Å²) in [6.07, 6.45) is 0.984. The molecule has 126 valence electrons. The monoisotopic (exact) mass is 325 g/mol. The number of nitrogens with one attached hydrogen (secondary N) is 2. The van der Waals surface area contributed by atoms with Gasteiger partial charge in [0.25, 0.3) is 0 Å². The van der Waals surface area contributed by atoms with Gasteiger partial charge in [0.2, 0.25) is 5.91 Å². The first-order valence-corrected chi connectivity index (χ1v) is 7.97. The van der Waals surface area contributed by atoms with E-state index in [1.54, 1.807) is 25.1 Å². The fraction of sp³-hybridized carbons (Fsp3) is 0.263. The summed E-state index contributed by atoms with van der Waals surface area (Å²) in [4.78, 5) is 23.5. The number of carbonyl (C=O) groups excluding carboxylic acids is 2. The number of nitrogens with two attached hydrogens (primary N) is 1. The predicted molar refractivity (Wildman–Crippen MR) is 96.1 cm³/mol. The van der Waals surface area contributed by atoms with Crippen LogP contribution in [0.2, 0.25) is 0 Å². The van der Waals surface area contributed by atoms with Crippen LogP contribution in [0.3, 0.4) is 0 Å². The molecule has 0 saturated heterocycles. The highest BCUT2D eigenvalue weighted by Gasteiger charge is 2.11. The van der Waals surface area contributed by atoms with E-state index in [2.05, 4.69) is 29.7 Å². The topological polar surface area (TPSA) is 84.2 Å². The minimum absolute atomic E-state index is 0.128. The van der Waals surface area contributed by atoms with E-state index < -0.39 is 5.91 Å². The van der Waals surface area contributed by atoms with E-state index >= 15 is 0 Å². The third kappa shape index (κ3) is 4.35. The molecule has 5 nitrogen and oxygen atoms in total. The van der Waals surface area contributed by atoms with Gasteiger partial charge in [-0.25, -0.2) is 4.79 Å². The van der Waals surface area contributed by atoms with Crippen molar-refractivity contribution < 1.29 is 9.59 Å². The van der Waals surface area contributed by atoms with E-state index in [4.69, 9.17) is 5.73 Å². The highest BCUT2D eigenvalue weighted by atomic mass is 16.2. The van der Waals surface area contributed by atoms with Crippen molar-refractivity contribution in [2.24, 2.45) is 5.73 Å². The van der Waals surface area contributed by atoms with Crippen LogP contribution in [-0.2, 0) is 6.42 Å². The Morgan fingerprint density at radius 3 is 2.38 bits per heavy atom. The smallest absolute Gasteiger partial charge is 0.319 e. The molecule has 2 aromatic carbocycles. The van der Waals surface area contributed by atoms with Gasteiger partial charge in [0, 0.05) is 11.3 Å². The van der Waals surface area contributed by atoms with E-state index in [0.29, 0.717) is 11.3 Å². The Morgan fingerprint density at radius 1 is 1.12 bits per heavy atom. The molecule has 0 fully saturated rings. The molecule has 1 atom stereocenters. The molecule has 3 amide bonds. The molecule has 0 heterocycles. The SMILES string of the molecule is CCc1ccc(C(C)NC(=O)Nc2ccc(C)c(C(N)=O)c2)cc1. The predicted octanol–water partition coefficient (Wildman–Crippen LogP) is 3.54. The van der Waals surface area contributed by atoms with Gasteiger partial charge >= 0.3 is 6.03 Å². The molecule has 0 spiro atoms. The summed E-state index contributed by atoms with van der Waals surface area (Å²) in [5.74, 6) is -0.513. The number of hydrogen-bond donors (Lipinski definition) is 3. The van der Waals surface area contributed by atoms with Gasteiger partial charge in [-0.15, -0.1) is 0 Å². The van der Waals surface area contributed by atoms with Crippen molar-refractivity contribution in [2.45, 2.75) is 33.2 Å². The number of hydrogen-bond acceptors (Lipinski definition) is 2. The molecule has 2 rings (SSSR count). The molecule has 0 radical (unpaired) electrons. The summed E-state index contributed by atoms with van der Waals surface area (Å²) in [7, 11) is 0. The van der Waals surface area contributed by atoms with Gasteiger partial charge in [0.05, 0.1) is 6.04 Å². The zero-order valence-corrected chi connectivity index (χ0v) is 14.2. The molecule has 5 heteroatoms. The average molecular weight is 325 g/mol. The Morgan fingerprint density at radius 2 is 1.79 bits per heavy atom. The maximum atomic E-state index is 12.1. The first-order chi connectivity index (χ1) is 11.4. The average Bonchev–Trinajstić information content (AvgIpc) is 2.56. The van der Waals surface area contributed by atoms with Gasteiger partial charge in [-0.1, -0.05) is 37.3 Å². The molecule has 0 aliphatic carbocycles. The Labute approximate surface area is 142 Å². The molecular weight excluding hydrogens is 302 g/mol. The fourth-order valence-corrected chi connectivity index (χ4v) is 2.45. The van der Waals surface area contributed by atoms with Gasteiger partial charge in [0.1, 0.15) is 0 Å². The van der Waals surface area contributed by atoms with Crippen LogP contribution in [0.5, 0.6) is 0 Å². The van der Waals surface area contributed by atoms with Crippen LogP contribution in [-0.4, -0.2) is 11.9 Å². The Bertz CT molecular complexity index is 739. The molecule has 0 aromatic heterocycles. The van der Waals surface area contributed by atoms with E-state index in [0.717, 1.165) is 17.5 Å². The van der Waals surface area contributed by atoms with E-state index in [-0.39, 0.29) is 12.1 Å². The largest absolute Gasteiger partial charge is 0.366 e. The van der Waals surface area contributed by atoms with Crippen molar-refractivity contribution in [1.82, 2.24) is 5.32 Å². The maximum absolute atomic E-state index is 12.1. The second-order valence-corrected chi connectivity index (χ2v) is 5.81. The molecule has 4 N–H and O–H groups in total. The highest BCUT2D eigenvalue weighted by Crippen LogP contribution is 2.16. The summed E-state index contributed by atoms with van der Waals surface area (Å²) in [6, 6.07) is 12.8. The standard InChI is InChI=1S/C19H23N3O2/c1-4-14-6-8-15(9-7-14)13(3)21-19(24)22-16-10-5-12(2)17(11-16)18(20)23/h5-11,13H,4H2,1-3H3,(H2,20,23)(H2,21,22,24).